The van der Waals surface area contributed by atoms with Crippen molar-refractivity contribution in [1.29, 1.82) is 5.26 Å². The van der Waals surface area contributed by atoms with Gasteiger partial charge in [-0.2, -0.15) is 27.2 Å². The molecule has 202 valence electrons. The molecule has 2 heterocycles. The number of hydrogen-bond acceptors (Lipinski definition) is 6. The topological polar surface area (TPSA) is 114 Å². The molecule has 0 saturated carbocycles. The molecule has 0 fully saturated rings. The maximum absolute atomic E-state index is 14.4. The molecule has 0 atom stereocenters. The van der Waals surface area contributed by atoms with Crippen LogP contribution in [0.5, 0.6) is 11.5 Å². The maximum Gasteiger partial charge on any atom is 0.459 e. The van der Waals surface area contributed by atoms with Crippen molar-refractivity contribution in [3.05, 3.63) is 78.6 Å². The molecular weight excluding hydrogens is 527 g/mol. The highest BCUT2D eigenvalue weighted by Crippen LogP contribution is 2.46. The Bertz CT molecular complexity index is 1540. The van der Waals surface area contributed by atoms with E-state index in [0.717, 1.165) is 13.0 Å². The first-order valence-corrected chi connectivity index (χ1v) is 10.8. The van der Waals surface area contributed by atoms with Crippen molar-refractivity contribution in [3.8, 4) is 17.6 Å². The molecule has 3 aromatic rings. The number of halogens is 7. The van der Waals surface area contributed by atoms with Crippen LogP contribution in [0, 0.1) is 25.2 Å². The number of nitrogens with one attached hydrogen (secondary N) is 1. The predicted molar refractivity (Wildman–Crippen MR) is 117 cm³/mol. The summed E-state index contributed by atoms with van der Waals surface area (Å²) in [4.78, 5) is 35.3. The summed E-state index contributed by atoms with van der Waals surface area (Å²) in [6, 6.07) is 2.97. The molecule has 0 amide bonds. The SMILES string of the molecule is CCc1nc(C)[nH]c(=O)c1Cn1cnc(C(F)(F)C(F)(F)F)c(Oc2cc(C(F)F)cc(C#N)c2C)c1=O. The molecule has 0 bridgehead atoms. The smallest absolute Gasteiger partial charge is 0.449 e. The minimum atomic E-state index is -6.21. The number of aromatic nitrogens is 4. The fraction of sp³-hybridized carbons (Fsp3) is 0.348. The summed E-state index contributed by atoms with van der Waals surface area (Å²) in [5, 5.41) is 9.23. The zero-order valence-electron chi connectivity index (χ0n) is 19.9. The van der Waals surface area contributed by atoms with Crippen LogP contribution in [0.2, 0.25) is 0 Å². The lowest BCUT2D eigenvalue weighted by Crippen LogP contribution is -2.38. The normalized spacial score (nSPS) is 12.1. The molecule has 1 N–H and O–H groups in total. The van der Waals surface area contributed by atoms with Crippen LogP contribution in [0.1, 0.15) is 52.8 Å². The first kappa shape index (κ1) is 28.4. The molecule has 0 radical (unpaired) electrons. The number of benzene rings is 1. The number of aromatic amines is 1. The fourth-order valence-corrected chi connectivity index (χ4v) is 3.49. The van der Waals surface area contributed by atoms with Crippen LogP contribution in [-0.2, 0) is 18.9 Å². The second-order valence-electron chi connectivity index (χ2n) is 8.06. The van der Waals surface area contributed by atoms with Crippen molar-refractivity contribution in [2.75, 3.05) is 0 Å². The molecule has 0 saturated heterocycles. The van der Waals surface area contributed by atoms with Crippen LogP contribution >= 0.6 is 0 Å². The third-order valence-corrected chi connectivity index (χ3v) is 5.50. The monoisotopic (exact) mass is 545 g/mol. The number of nitriles is 1. The van der Waals surface area contributed by atoms with E-state index < -0.39 is 64.5 Å². The van der Waals surface area contributed by atoms with Crippen molar-refractivity contribution in [2.45, 2.75) is 52.3 Å². The number of alkyl halides is 7. The van der Waals surface area contributed by atoms with Crippen LogP contribution in [0.25, 0.3) is 0 Å². The van der Waals surface area contributed by atoms with Crippen LogP contribution < -0.4 is 15.9 Å². The minimum Gasteiger partial charge on any atom is -0.449 e. The van der Waals surface area contributed by atoms with Gasteiger partial charge < -0.3 is 9.72 Å². The summed E-state index contributed by atoms with van der Waals surface area (Å²) in [6.07, 6.45) is -8.78. The van der Waals surface area contributed by atoms with Crippen LogP contribution in [-0.4, -0.2) is 25.7 Å². The molecule has 0 unspecified atom stereocenters. The van der Waals surface area contributed by atoms with E-state index in [1.54, 1.807) is 13.0 Å². The Balaban J connectivity index is 2.29. The second kappa shape index (κ2) is 10.3. The van der Waals surface area contributed by atoms with Gasteiger partial charge in [-0.3, -0.25) is 14.2 Å². The molecule has 2 aromatic heterocycles. The van der Waals surface area contributed by atoms with Gasteiger partial charge in [-0.1, -0.05) is 6.92 Å². The third kappa shape index (κ3) is 5.24. The van der Waals surface area contributed by atoms with Gasteiger partial charge in [0.05, 0.1) is 35.8 Å². The van der Waals surface area contributed by atoms with Gasteiger partial charge >= 0.3 is 12.1 Å². The van der Waals surface area contributed by atoms with Crippen LogP contribution in [0.15, 0.2) is 28.0 Å². The largest absolute Gasteiger partial charge is 0.459 e. The Kier molecular flexibility index (Phi) is 7.66. The van der Waals surface area contributed by atoms with Crippen molar-refractivity contribution in [3.63, 3.8) is 0 Å². The Morgan fingerprint density at radius 2 is 1.82 bits per heavy atom. The Morgan fingerprint density at radius 1 is 1.16 bits per heavy atom. The first-order valence-electron chi connectivity index (χ1n) is 10.8. The summed E-state index contributed by atoms with van der Waals surface area (Å²) >= 11 is 0. The zero-order valence-corrected chi connectivity index (χ0v) is 19.9. The van der Waals surface area contributed by atoms with E-state index >= 15 is 0 Å². The van der Waals surface area contributed by atoms with Crippen molar-refractivity contribution < 1.29 is 35.5 Å². The lowest BCUT2D eigenvalue weighted by Gasteiger charge is -2.22. The third-order valence-electron chi connectivity index (χ3n) is 5.50. The van der Waals surface area contributed by atoms with Crippen molar-refractivity contribution in [2.24, 2.45) is 0 Å². The van der Waals surface area contributed by atoms with E-state index in [2.05, 4.69) is 15.0 Å². The predicted octanol–water partition coefficient (Wildman–Crippen LogP) is 4.81. The van der Waals surface area contributed by atoms with Gasteiger partial charge in [0.15, 0.2) is 5.69 Å². The average Bonchev–Trinajstić information content (AvgIpc) is 2.82. The van der Waals surface area contributed by atoms with E-state index in [9.17, 15) is 45.6 Å². The molecular formula is C23H18F7N5O3. The number of rotatable bonds is 7. The average molecular weight is 545 g/mol. The number of ether oxygens (including phenoxy) is 1. The highest BCUT2D eigenvalue weighted by molar-refractivity contribution is 5.51. The van der Waals surface area contributed by atoms with E-state index in [1.165, 1.54) is 6.92 Å². The molecule has 3 rings (SSSR count). The molecule has 38 heavy (non-hydrogen) atoms. The lowest BCUT2D eigenvalue weighted by molar-refractivity contribution is -0.291. The summed E-state index contributed by atoms with van der Waals surface area (Å²) < 4.78 is 101. The first-order chi connectivity index (χ1) is 17.6. The highest BCUT2D eigenvalue weighted by atomic mass is 19.4. The number of nitrogens with zero attached hydrogens (tertiary/aromatic N) is 4. The Hall–Kier alpha value is -4.22. The van der Waals surface area contributed by atoms with Crippen LogP contribution in [0.4, 0.5) is 30.7 Å². The molecule has 0 aliphatic rings. The quantitative estimate of drug-likeness (QED) is 0.427. The molecule has 15 heteroatoms. The maximum atomic E-state index is 14.4. The summed E-state index contributed by atoms with van der Waals surface area (Å²) in [6.45, 7) is 3.65. The van der Waals surface area contributed by atoms with Gasteiger partial charge in [-0.25, -0.2) is 18.7 Å². The lowest BCUT2D eigenvalue weighted by atomic mass is 10.0. The molecule has 8 nitrogen and oxygen atoms in total. The van der Waals surface area contributed by atoms with Gasteiger partial charge in [0.2, 0.25) is 5.75 Å². The second-order valence-corrected chi connectivity index (χ2v) is 8.06. The number of hydrogen-bond donors (Lipinski definition) is 1. The standard InChI is InChI=1S/C23H18F7N5O3/c1-4-15-14(20(36)34-11(3)33-15)8-35-9-32-18(22(26,27)23(28,29)30)17(21(35)37)38-16-6-12(19(24)25)5-13(7-31)10(16)2/h5-6,9,19H,4,8H2,1-3H3,(H,33,34,36). The fourth-order valence-electron chi connectivity index (χ4n) is 3.49. The molecule has 0 aliphatic carbocycles. The van der Waals surface area contributed by atoms with E-state index in [4.69, 9.17) is 4.74 Å². The van der Waals surface area contributed by atoms with Crippen molar-refractivity contribution in [1.82, 2.24) is 19.5 Å². The van der Waals surface area contributed by atoms with Gasteiger partial charge in [0, 0.05) is 11.1 Å². The van der Waals surface area contributed by atoms with Crippen LogP contribution in [0.3, 0.4) is 0 Å². The Morgan fingerprint density at radius 3 is 2.37 bits per heavy atom. The summed E-state index contributed by atoms with van der Waals surface area (Å²) in [5.41, 5.74) is -5.65. The number of H-pyrrole nitrogens is 1. The van der Waals surface area contributed by atoms with Gasteiger partial charge in [0.1, 0.15) is 11.6 Å². The van der Waals surface area contributed by atoms with Gasteiger partial charge in [-0.05, 0) is 32.4 Å². The highest BCUT2D eigenvalue weighted by Gasteiger charge is 2.62. The Labute approximate surface area is 209 Å². The van der Waals surface area contributed by atoms with Crippen molar-refractivity contribution >= 4 is 0 Å². The zero-order chi connectivity index (χ0) is 28.6. The molecule has 1 aromatic carbocycles. The van der Waals surface area contributed by atoms with Gasteiger partial charge in [-0.15, -0.1) is 0 Å². The summed E-state index contributed by atoms with van der Waals surface area (Å²) in [7, 11) is 0. The number of aryl methyl sites for hydroxylation is 2. The van der Waals surface area contributed by atoms with Gasteiger partial charge in [0.25, 0.3) is 17.5 Å². The van der Waals surface area contributed by atoms with E-state index in [-0.39, 0.29) is 29.1 Å². The molecule has 0 spiro atoms. The van der Waals surface area contributed by atoms with E-state index in [1.807, 2.05) is 0 Å². The van der Waals surface area contributed by atoms with E-state index in [0.29, 0.717) is 17.0 Å². The summed E-state index contributed by atoms with van der Waals surface area (Å²) in [5.74, 6) is -7.81. The minimum absolute atomic E-state index is 0.0917. The molecule has 0 aliphatic heterocycles.